The molecule has 1 aromatic carbocycles. The Balaban J connectivity index is 2.05. The average molecular weight is 261 g/mol. The van der Waals surface area contributed by atoms with Crippen molar-refractivity contribution in [3.05, 3.63) is 29.8 Å². The maximum absolute atomic E-state index is 11.7. The van der Waals surface area contributed by atoms with Crippen molar-refractivity contribution in [2.24, 2.45) is 5.73 Å². The zero-order valence-electron chi connectivity index (χ0n) is 11.8. The molecule has 0 saturated carbocycles. The van der Waals surface area contributed by atoms with E-state index in [1.807, 2.05) is 0 Å². The van der Waals surface area contributed by atoms with Crippen LogP contribution in [0.5, 0.6) is 0 Å². The van der Waals surface area contributed by atoms with E-state index in [-0.39, 0.29) is 5.91 Å². The van der Waals surface area contributed by atoms with Crippen molar-refractivity contribution < 1.29 is 4.79 Å². The Labute approximate surface area is 115 Å². The molecule has 0 saturated heterocycles. The summed E-state index contributed by atoms with van der Waals surface area (Å²) >= 11 is 0. The van der Waals surface area contributed by atoms with E-state index in [4.69, 9.17) is 5.73 Å². The fourth-order valence-electron chi connectivity index (χ4n) is 2.70. The van der Waals surface area contributed by atoms with E-state index >= 15 is 0 Å². The van der Waals surface area contributed by atoms with Gasteiger partial charge in [0.2, 0.25) is 5.91 Å². The molecule has 19 heavy (non-hydrogen) atoms. The summed E-state index contributed by atoms with van der Waals surface area (Å²) in [6.07, 6.45) is 1.58. The zero-order valence-corrected chi connectivity index (χ0v) is 11.8. The lowest BCUT2D eigenvalue weighted by Crippen LogP contribution is -2.30. The second-order valence-corrected chi connectivity index (χ2v) is 5.32. The molecule has 0 bridgehead atoms. The SMILES string of the molecule is CN(C)C(=O)CCN1CC(CCN)c2ccccc21. The Morgan fingerprint density at radius 2 is 2.16 bits per heavy atom. The maximum Gasteiger partial charge on any atom is 0.223 e. The van der Waals surface area contributed by atoms with Crippen molar-refractivity contribution in [1.29, 1.82) is 0 Å². The number of anilines is 1. The van der Waals surface area contributed by atoms with Gasteiger partial charge in [0.25, 0.3) is 0 Å². The third-order valence-corrected chi connectivity index (χ3v) is 3.77. The van der Waals surface area contributed by atoms with Gasteiger partial charge in [-0.05, 0) is 24.6 Å². The number of nitrogens with two attached hydrogens (primary N) is 1. The third kappa shape index (κ3) is 3.07. The van der Waals surface area contributed by atoms with Gasteiger partial charge in [-0.3, -0.25) is 4.79 Å². The van der Waals surface area contributed by atoms with Crippen molar-refractivity contribution in [2.45, 2.75) is 18.8 Å². The largest absolute Gasteiger partial charge is 0.370 e. The number of carbonyl (C=O) groups excluding carboxylic acids is 1. The number of hydrogen-bond acceptors (Lipinski definition) is 3. The lowest BCUT2D eigenvalue weighted by molar-refractivity contribution is -0.128. The Bertz CT molecular complexity index is 445. The molecule has 1 aliphatic rings. The van der Waals surface area contributed by atoms with E-state index in [2.05, 4.69) is 29.2 Å². The number of amides is 1. The smallest absolute Gasteiger partial charge is 0.223 e. The standard InChI is InChI=1S/C15H23N3O/c1-17(2)15(19)8-10-18-11-12(7-9-16)13-5-3-4-6-14(13)18/h3-6,12H,7-11,16H2,1-2H3. The quantitative estimate of drug-likeness (QED) is 0.872. The average Bonchev–Trinajstić information content (AvgIpc) is 2.75. The van der Waals surface area contributed by atoms with Gasteiger partial charge in [-0.25, -0.2) is 0 Å². The summed E-state index contributed by atoms with van der Waals surface area (Å²) in [4.78, 5) is 15.7. The lowest BCUT2D eigenvalue weighted by atomic mass is 9.98. The highest BCUT2D eigenvalue weighted by Gasteiger charge is 2.27. The van der Waals surface area contributed by atoms with Crippen LogP contribution in [-0.4, -0.2) is 44.5 Å². The molecule has 0 radical (unpaired) electrons. The van der Waals surface area contributed by atoms with Gasteiger partial charge in [-0.2, -0.15) is 0 Å². The summed E-state index contributed by atoms with van der Waals surface area (Å²) in [5, 5.41) is 0. The number of nitrogens with zero attached hydrogens (tertiary/aromatic N) is 2. The first-order valence-corrected chi connectivity index (χ1v) is 6.87. The molecule has 1 unspecified atom stereocenters. The summed E-state index contributed by atoms with van der Waals surface area (Å²) in [6, 6.07) is 8.47. The van der Waals surface area contributed by atoms with Crippen molar-refractivity contribution in [2.75, 3.05) is 38.6 Å². The molecule has 1 heterocycles. The van der Waals surface area contributed by atoms with E-state index in [9.17, 15) is 4.79 Å². The van der Waals surface area contributed by atoms with Gasteiger partial charge in [-0.15, -0.1) is 0 Å². The predicted molar refractivity (Wildman–Crippen MR) is 78.4 cm³/mol. The minimum atomic E-state index is 0.180. The molecule has 4 nitrogen and oxygen atoms in total. The molecule has 104 valence electrons. The number of carbonyl (C=O) groups is 1. The minimum Gasteiger partial charge on any atom is -0.370 e. The lowest BCUT2D eigenvalue weighted by Gasteiger charge is -2.20. The molecule has 4 heteroatoms. The number of hydrogen-bond donors (Lipinski definition) is 1. The molecule has 1 amide bonds. The molecule has 0 aliphatic carbocycles. The second-order valence-electron chi connectivity index (χ2n) is 5.32. The first kappa shape index (κ1) is 13.9. The highest BCUT2D eigenvalue weighted by atomic mass is 16.2. The van der Waals surface area contributed by atoms with Crippen LogP contribution >= 0.6 is 0 Å². The van der Waals surface area contributed by atoms with Crippen molar-refractivity contribution in [1.82, 2.24) is 4.90 Å². The van der Waals surface area contributed by atoms with Crippen LogP contribution in [0.1, 0.15) is 24.3 Å². The Kier molecular flexibility index (Phi) is 4.43. The third-order valence-electron chi connectivity index (χ3n) is 3.77. The summed E-state index contributed by atoms with van der Waals surface area (Å²) < 4.78 is 0. The first-order valence-electron chi connectivity index (χ1n) is 6.87. The molecule has 2 N–H and O–H groups in total. The summed E-state index contributed by atoms with van der Waals surface area (Å²) in [7, 11) is 3.61. The monoisotopic (exact) mass is 261 g/mol. The highest BCUT2D eigenvalue weighted by molar-refractivity contribution is 5.76. The van der Waals surface area contributed by atoms with E-state index in [0.717, 1.165) is 19.5 Å². The normalized spacial score (nSPS) is 17.4. The van der Waals surface area contributed by atoms with Crippen LogP contribution in [0.2, 0.25) is 0 Å². The molecule has 2 rings (SSSR count). The van der Waals surface area contributed by atoms with Gasteiger partial charge in [0.05, 0.1) is 0 Å². The minimum absolute atomic E-state index is 0.180. The van der Waals surface area contributed by atoms with Gasteiger partial charge >= 0.3 is 0 Å². The molecule has 1 aromatic rings. The fourth-order valence-corrected chi connectivity index (χ4v) is 2.70. The number of fused-ring (bicyclic) bond motifs is 1. The Hall–Kier alpha value is -1.55. The van der Waals surface area contributed by atoms with Crippen LogP contribution in [0.4, 0.5) is 5.69 Å². The van der Waals surface area contributed by atoms with Gasteiger partial charge in [0, 0.05) is 45.2 Å². The van der Waals surface area contributed by atoms with E-state index in [1.54, 1.807) is 19.0 Å². The molecular weight excluding hydrogens is 238 g/mol. The zero-order chi connectivity index (χ0) is 13.8. The van der Waals surface area contributed by atoms with Crippen molar-refractivity contribution in [3.8, 4) is 0 Å². The van der Waals surface area contributed by atoms with Crippen LogP contribution in [0.25, 0.3) is 0 Å². The Morgan fingerprint density at radius 3 is 2.84 bits per heavy atom. The Morgan fingerprint density at radius 1 is 1.42 bits per heavy atom. The fraction of sp³-hybridized carbons (Fsp3) is 0.533. The van der Waals surface area contributed by atoms with Gasteiger partial charge in [-0.1, -0.05) is 18.2 Å². The van der Waals surface area contributed by atoms with Gasteiger partial charge in [0.15, 0.2) is 0 Å². The summed E-state index contributed by atoms with van der Waals surface area (Å²) in [5.41, 5.74) is 8.34. The van der Waals surface area contributed by atoms with E-state index in [1.165, 1.54) is 11.3 Å². The van der Waals surface area contributed by atoms with Gasteiger partial charge in [0.1, 0.15) is 0 Å². The van der Waals surface area contributed by atoms with Crippen LogP contribution in [0.15, 0.2) is 24.3 Å². The molecular formula is C15H23N3O. The van der Waals surface area contributed by atoms with Crippen LogP contribution in [0.3, 0.4) is 0 Å². The highest BCUT2D eigenvalue weighted by Crippen LogP contribution is 2.37. The molecule has 1 atom stereocenters. The predicted octanol–water partition coefficient (Wildman–Crippen LogP) is 1.42. The number of para-hydroxylation sites is 1. The van der Waals surface area contributed by atoms with E-state index in [0.29, 0.717) is 18.9 Å². The molecule has 0 aromatic heterocycles. The van der Waals surface area contributed by atoms with Crippen molar-refractivity contribution >= 4 is 11.6 Å². The number of benzene rings is 1. The van der Waals surface area contributed by atoms with Gasteiger partial charge < -0.3 is 15.5 Å². The van der Waals surface area contributed by atoms with Crippen LogP contribution in [-0.2, 0) is 4.79 Å². The second kappa shape index (κ2) is 6.06. The van der Waals surface area contributed by atoms with Crippen molar-refractivity contribution in [3.63, 3.8) is 0 Å². The number of rotatable bonds is 5. The maximum atomic E-state index is 11.7. The summed E-state index contributed by atoms with van der Waals surface area (Å²) in [6.45, 7) is 2.48. The van der Waals surface area contributed by atoms with E-state index < -0.39 is 0 Å². The summed E-state index contributed by atoms with van der Waals surface area (Å²) in [5.74, 6) is 0.690. The molecule has 0 fully saturated rings. The molecule has 0 spiro atoms. The molecule has 1 aliphatic heterocycles. The van der Waals surface area contributed by atoms with Crippen LogP contribution in [0, 0.1) is 0 Å². The first-order chi connectivity index (χ1) is 9.13. The topological polar surface area (TPSA) is 49.6 Å². The van der Waals surface area contributed by atoms with Crippen LogP contribution < -0.4 is 10.6 Å².